The van der Waals surface area contributed by atoms with Gasteiger partial charge in [0.2, 0.25) is 11.8 Å². The number of aromatic nitrogens is 1. The summed E-state index contributed by atoms with van der Waals surface area (Å²) in [6, 6.07) is 7.72. The van der Waals surface area contributed by atoms with Gasteiger partial charge in [-0.15, -0.1) is 0 Å². The summed E-state index contributed by atoms with van der Waals surface area (Å²) in [7, 11) is 9.04. The summed E-state index contributed by atoms with van der Waals surface area (Å²) in [5.74, 6) is -0.257. The number of benzene rings is 2. The molecule has 5 aliphatic rings. The number of rotatable bonds is 12. The number of carbonyl (C=O) groups is 5. The van der Waals surface area contributed by atoms with Crippen LogP contribution >= 0.6 is 0 Å². The summed E-state index contributed by atoms with van der Waals surface area (Å²) in [5, 5.41) is 5.58. The number of ether oxygens (including phenoxy) is 3. The molecular formula is C45H55N7O9. The molecule has 1 aliphatic carbocycles. The summed E-state index contributed by atoms with van der Waals surface area (Å²) in [5.41, 5.74) is 4.73. The van der Waals surface area contributed by atoms with Crippen LogP contribution in [0.1, 0.15) is 82.4 Å². The third kappa shape index (κ3) is 7.98. The number of hydrogen-bond acceptors (Lipinski definition) is 11. The zero-order valence-corrected chi connectivity index (χ0v) is 35.6. The molecule has 16 nitrogen and oxygen atoms in total. The van der Waals surface area contributed by atoms with Gasteiger partial charge in [-0.2, -0.15) is 0 Å². The first-order chi connectivity index (χ1) is 29.3. The summed E-state index contributed by atoms with van der Waals surface area (Å²) in [6.45, 7) is 4.48. The number of amides is 6. The van der Waals surface area contributed by atoms with Crippen LogP contribution < -0.4 is 30.4 Å². The van der Waals surface area contributed by atoms with Gasteiger partial charge in [0.05, 0.1) is 44.1 Å². The topological polar surface area (TPSA) is 172 Å². The van der Waals surface area contributed by atoms with Crippen molar-refractivity contribution >= 4 is 29.7 Å². The summed E-state index contributed by atoms with van der Waals surface area (Å²) >= 11 is 0. The van der Waals surface area contributed by atoms with Gasteiger partial charge in [0.15, 0.2) is 0 Å². The molecule has 324 valence electrons. The first kappa shape index (κ1) is 42.0. The van der Waals surface area contributed by atoms with Gasteiger partial charge < -0.3 is 38.8 Å². The van der Waals surface area contributed by atoms with Crippen molar-refractivity contribution < 1.29 is 38.2 Å². The van der Waals surface area contributed by atoms with Crippen LogP contribution in [0, 0.1) is 5.41 Å². The minimum Gasteiger partial charge on any atom is -0.496 e. The monoisotopic (exact) mass is 837 g/mol. The fraction of sp³-hybridized carbons (Fsp3) is 0.511. The average molecular weight is 838 g/mol. The van der Waals surface area contributed by atoms with E-state index < -0.39 is 29.7 Å². The van der Waals surface area contributed by atoms with Crippen LogP contribution in [0.15, 0.2) is 41.3 Å². The molecule has 16 heteroatoms. The Balaban J connectivity index is 0.829. The molecule has 61 heavy (non-hydrogen) atoms. The predicted octanol–water partition coefficient (Wildman–Crippen LogP) is 3.31. The van der Waals surface area contributed by atoms with Crippen LogP contribution in [0.2, 0.25) is 0 Å². The standard InChI is InChI=1S/C45H55N7O9/c1-48(2)24-34-36(59-4)21-27(22-37(34)60-5)32-25-49(3)41(55)33-26-51(17-12-29(32)33)44(58)46-38-11-13-45(38)14-18-50(19-15-45)16-6-20-61-28-7-8-30-31(23-28)43(57)52(42(30)56)35-9-10-39(53)47-40(35)54/h7-8,21-23,25,35,38H,6,9-20,24,26H2,1-5H3,(H,46,58)(H,47,53,54). The van der Waals surface area contributed by atoms with Crippen molar-refractivity contribution in [3.05, 3.63) is 74.7 Å². The van der Waals surface area contributed by atoms with E-state index in [4.69, 9.17) is 14.2 Å². The highest BCUT2D eigenvalue weighted by Crippen LogP contribution is 2.49. The fourth-order valence-electron chi connectivity index (χ4n) is 9.83. The van der Waals surface area contributed by atoms with Crippen molar-refractivity contribution in [1.82, 2.24) is 34.8 Å². The molecule has 2 N–H and O–H groups in total. The fourth-order valence-corrected chi connectivity index (χ4v) is 9.83. The van der Waals surface area contributed by atoms with Crippen molar-refractivity contribution in [1.29, 1.82) is 0 Å². The Kier molecular flexibility index (Phi) is 11.7. The Bertz CT molecular complexity index is 2310. The van der Waals surface area contributed by atoms with Crippen LogP contribution in [0.4, 0.5) is 4.79 Å². The number of nitrogens with one attached hydrogen (secondary N) is 2. The molecule has 8 rings (SSSR count). The lowest BCUT2D eigenvalue weighted by molar-refractivity contribution is -0.136. The van der Waals surface area contributed by atoms with E-state index in [1.807, 2.05) is 32.4 Å². The van der Waals surface area contributed by atoms with Crippen molar-refractivity contribution in [2.45, 2.75) is 76.5 Å². The van der Waals surface area contributed by atoms with Crippen LogP contribution in [-0.4, -0.2) is 127 Å². The molecule has 1 saturated carbocycles. The SMILES string of the molecule is COc1cc(-c2cn(C)c(=O)c3c2CCN(C(=O)NC2CCC24CCN(CCCOc2ccc5c(c2)C(=O)N(C2CCC(=O)NC2=O)C5=O)CC4)C3)cc(OC)c1CN(C)C. The molecule has 3 aromatic rings. The maximum Gasteiger partial charge on any atom is 0.317 e. The molecule has 6 amide bonds. The Hall–Kier alpha value is -5.74. The van der Waals surface area contributed by atoms with Crippen molar-refractivity contribution in [3.8, 4) is 28.4 Å². The molecule has 0 radical (unpaired) electrons. The maximum absolute atomic E-state index is 13.8. The number of aryl methyl sites for hydroxylation is 1. The quantitative estimate of drug-likeness (QED) is 0.203. The number of pyridine rings is 1. The lowest BCUT2D eigenvalue weighted by Crippen LogP contribution is -2.61. The second-order valence-electron chi connectivity index (χ2n) is 17.3. The summed E-state index contributed by atoms with van der Waals surface area (Å²) in [4.78, 5) is 84.8. The Morgan fingerprint density at radius 3 is 2.26 bits per heavy atom. The van der Waals surface area contributed by atoms with Crippen molar-refractivity contribution in [2.24, 2.45) is 12.5 Å². The van der Waals surface area contributed by atoms with E-state index in [0.29, 0.717) is 48.9 Å². The number of urea groups is 1. The van der Waals surface area contributed by atoms with Gasteiger partial charge in [0.1, 0.15) is 23.3 Å². The van der Waals surface area contributed by atoms with E-state index in [0.717, 1.165) is 78.9 Å². The van der Waals surface area contributed by atoms with E-state index in [1.54, 1.807) is 48.9 Å². The Morgan fingerprint density at radius 1 is 0.885 bits per heavy atom. The zero-order valence-electron chi connectivity index (χ0n) is 35.6. The highest BCUT2D eigenvalue weighted by atomic mass is 16.5. The summed E-state index contributed by atoms with van der Waals surface area (Å²) in [6.07, 6.45) is 7.33. The highest BCUT2D eigenvalue weighted by Gasteiger charge is 2.49. The van der Waals surface area contributed by atoms with Crippen molar-refractivity contribution in [2.75, 3.05) is 61.1 Å². The van der Waals surface area contributed by atoms with Crippen LogP contribution in [0.3, 0.4) is 0 Å². The Morgan fingerprint density at radius 2 is 1.61 bits per heavy atom. The number of hydrogen-bond donors (Lipinski definition) is 2. The molecule has 5 heterocycles. The lowest BCUT2D eigenvalue weighted by Gasteiger charge is -2.54. The Labute approximate surface area is 355 Å². The van der Waals surface area contributed by atoms with Gasteiger partial charge in [0.25, 0.3) is 17.4 Å². The molecule has 1 spiro atoms. The van der Waals surface area contributed by atoms with Gasteiger partial charge in [-0.3, -0.25) is 34.2 Å². The number of likely N-dealkylation sites (tertiary alicyclic amines) is 1. The lowest BCUT2D eigenvalue weighted by atomic mass is 9.59. The molecule has 4 aliphatic heterocycles. The smallest absolute Gasteiger partial charge is 0.317 e. The van der Waals surface area contributed by atoms with E-state index >= 15 is 0 Å². The third-order valence-corrected chi connectivity index (χ3v) is 13.4. The van der Waals surface area contributed by atoms with Gasteiger partial charge in [0, 0.05) is 56.5 Å². The number of imide groups is 2. The van der Waals surface area contributed by atoms with Gasteiger partial charge in [-0.25, -0.2) is 4.79 Å². The van der Waals surface area contributed by atoms with Crippen LogP contribution in [0.25, 0.3) is 11.1 Å². The third-order valence-electron chi connectivity index (χ3n) is 13.4. The molecule has 2 saturated heterocycles. The first-order valence-corrected chi connectivity index (χ1v) is 21.2. The van der Waals surface area contributed by atoms with Gasteiger partial charge in [-0.05, 0) is 119 Å². The highest BCUT2D eigenvalue weighted by molar-refractivity contribution is 6.23. The number of carbonyl (C=O) groups excluding carboxylic acids is 5. The first-order valence-electron chi connectivity index (χ1n) is 21.2. The predicted molar refractivity (Wildman–Crippen MR) is 225 cm³/mol. The maximum atomic E-state index is 13.8. The molecule has 2 aromatic carbocycles. The minimum atomic E-state index is -1.01. The van der Waals surface area contributed by atoms with Gasteiger partial charge in [-0.1, -0.05) is 0 Å². The molecule has 3 fully saturated rings. The summed E-state index contributed by atoms with van der Waals surface area (Å²) < 4.78 is 19.2. The van der Waals surface area contributed by atoms with Crippen LogP contribution in [-0.2, 0) is 36.1 Å². The number of piperidine rings is 2. The van der Waals surface area contributed by atoms with E-state index in [2.05, 4.69) is 20.4 Å². The van der Waals surface area contributed by atoms with E-state index in [9.17, 15) is 28.8 Å². The molecule has 1 aromatic heterocycles. The van der Waals surface area contributed by atoms with Crippen LogP contribution in [0.5, 0.6) is 17.2 Å². The second-order valence-corrected chi connectivity index (χ2v) is 17.3. The number of fused-ring (bicyclic) bond motifs is 2. The molecular weight excluding hydrogens is 783 g/mol. The zero-order chi connectivity index (χ0) is 43.2. The van der Waals surface area contributed by atoms with E-state index in [-0.39, 0.29) is 53.6 Å². The number of nitrogens with zero attached hydrogens (tertiary/aromatic N) is 5. The average Bonchev–Trinajstić information content (AvgIpc) is 3.49. The van der Waals surface area contributed by atoms with Crippen molar-refractivity contribution in [3.63, 3.8) is 0 Å². The largest absolute Gasteiger partial charge is 0.496 e. The normalized spacial score (nSPS) is 21.0. The number of methoxy groups -OCH3 is 2. The molecule has 0 bridgehead atoms. The molecule has 2 unspecified atom stereocenters. The van der Waals surface area contributed by atoms with E-state index in [1.165, 1.54) is 0 Å². The van der Waals surface area contributed by atoms with Gasteiger partial charge >= 0.3 is 6.03 Å². The minimum absolute atomic E-state index is 0.0621. The second kappa shape index (κ2) is 17.0. The molecule has 2 atom stereocenters.